The second-order valence-electron chi connectivity index (χ2n) is 3.47. The monoisotopic (exact) mass is 127 g/mol. The maximum absolute atomic E-state index is 9.31. The van der Waals surface area contributed by atoms with Crippen molar-refractivity contribution in [3.63, 3.8) is 0 Å². The van der Waals surface area contributed by atoms with Crippen molar-refractivity contribution in [1.82, 2.24) is 0 Å². The van der Waals surface area contributed by atoms with E-state index in [1.807, 2.05) is 0 Å². The standard InChI is InChI=1S/C7H13NO/c8-6-2-4-1-5(6)7(9)3-4/h4-7,9H,1-3,8H2/t4?,5-,6?,7?/m1/s1. The van der Waals surface area contributed by atoms with Gasteiger partial charge in [0.1, 0.15) is 0 Å². The van der Waals surface area contributed by atoms with E-state index in [0.717, 1.165) is 18.8 Å². The Bertz CT molecular complexity index is 114. The summed E-state index contributed by atoms with van der Waals surface area (Å²) in [7, 11) is 0. The van der Waals surface area contributed by atoms with Crippen molar-refractivity contribution in [1.29, 1.82) is 0 Å². The molecule has 0 saturated heterocycles. The summed E-state index contributed by atoms with van der Waals surface area (Å²) in [5, 5.41) is 9.31. The molecular formula is C7H13NO. The van der Waals surface area contributed by atoms with E-state index in [-0.39, 0.29) is 6.10 Å². The van der Waals surface area contributed by atoms with Crippen LogP contribution in [0.25, 0.3) is 0 Å². The molecule has 0 aromatic heterocycles. The van der Waals surface area contributed by atoms with Crippen molar-refractivity contribution in [2.75, 3.05) is 0 Å². The Balaban J connectivity index is 2.13. The summed E-state index contributed by atoms with van der Waals surface area (Å²) < 4.78 is 0. The molecule has 0 amide bonds. The Labute approximate surface area is 55.1 Å². The third-order valence-electron chi connectivity index (χ3n) is 2.83. The van der Waals surface area contributed by atoms with Crippen LogP contribution in [-0.2, 0) is 0 Å². The first-order chi connectivity index (χ1) is 4.27. The fraction of sp³-hybridized carbons (Fsp3) is 1.00. The lowest BCUT2D eigenvalue weighted by Crippen LogP contribution is -2.34. The highest BCUT2D eigenvalue weighted by molar-refractivity contribution is 4.97. The Morgan fingerprint density at radius 3 is 2.33 bits per heavy atom. The number of nitrogens with two attached hydrogens (primary N) is 1. The zero-order valence-corrected chi connectivity index (χ0v) is 5.46. The quantitative estimate of drug-likeness (QED) is 0.485. The highest BCUT2D eigenvalue weighted by Gasteiger charge is 2.43. The molecule has 0 radical (unpaired) electrons. The lowest BCUT2D eigenvalue weighted by molar-refractivity contribution is 0.103. The van der Waals surface area contributed by atoms with Gasteiger partial charge in [-0.15, -0.1) is 0 Å². The second-order valence-corrected chi connectivity index (χ2v) is 3.47. The molecule has 52 valence electrons. The van der Waals surface area contributed by atoms with E-state index < -0.39 is 0 Å². The molecule has 2 aliphatic carbocycles. The first kappa shape index (κ1) is 5.69. The van der Waals surface area contributed by atoms with Crippen LogP contribution in [0.3, 0.4) is 0 Å². The molecule has 3 N–H and O–H groups in total. The van der Waals surface area contributed by atoms with E-state index in [0.29, 0.717) is 12.0 Å². The molecule has 0 spiro atoms. The Kier molecular flexibility index (Phi) is 1.08. The lowest BCUT2D eigenvalue weighted by Gasteiger charge is -2.21. The molecule has 0 aromatic carbocycles. The van der Waals surface area contributed by atoms with Crippen LogP contribution >= 0.6 is 0 Å². The minimum Gasteiger partial charge on any atom is -0.393 e. The maximum atomic E-state index is 9.31. The van der Waals surface area contributed by atoms with Crippen molar-refractivity contribution < 1.29 is 5.11 Å². The van der Waals surface area contributed by atoms with Crippen molar-refractivity contribution in [3.05, 3.63) is 0 Å². The molecule has 9 heavy (non-hydrogen) atoms. The van der Waals surface area contributed by atoms with E-state index in [2.05, 4.69) is 0 Å². The summed E-state index contributed by atoms with van der Waals surface area (Å²) >= 11 is 0. The van der Waals surface area contributed by atoms with E-state index in [1.165, 1.54) is 6.42 Å². The van der Waals surface area contributed by atoms with Gasteiger partial charge in [0.15, 0.2) is 0 Å². The van der Waals surface area contributed by atoms with Gasteiger partial charge in [0.05, 0.1) is 6.10 Å². The molecule has 2 heteroatoms. The summed E-state index contributed by atoms with van der Waals surface area (Å²) in [5.74, 6) is 1.19. The van der Waals surface area contributed by atoms with Gasteiger partial charge in [0, 0.05) is 12.0 Å². The van der Waals surface area contributed by atoms with Gasteiger partial charge in [-0.2, -0.15) is 0 Å². The Hall–Kier alpha value is -0.0800. The highest BCUT2D eigenvalue weighted by atomic mass is 16.3. The maximum Gasteiger partial charge on any atom is 0.0585 e. The van der Waals surface area contributed by atoms with Gasteiger partial charge in [0.25, 0.3) is 0 Å². The van der Waals surface area contributed by atoms with Gasteiger partial charge in [-0.1, -0.05) is 0 Å². The van der Waals surface area contributed by atoms with Crippen molar-refractivity contribution in [2.24, 2.45) is 17.6 Å². The fourth-order valence-corrected chi connectivity index (χ4v) is 2.37. The third kappa shape index (κ3) is 0.700. The molecule has 2 rings (SSSR count). The van der Waals surface area contributed by atoms with Crippen molar-refractivity contribution in [3.8, 4) is 0 Å². The van der Waals surface area contributed by atoms with Crippen LogP contribution in [0.15, 0.2) is 0 Å². The molecule has 2 aliphatic rings. The molecule has 0 aromatic rings. The number of hydrogen-bond acceptors (Lipinski definition) is 2. The fourth-order valence-electron chi connectivity index (χ4n) is 2.37. The van der Waals surface area contributed by atoms with Crippen molar-refractivity contribution in [2.45, 2.75) is 31.4 Å². The molecule has 2 nitrogen and oxygen atoms in total. The van der Waals surface area contributed by atoms with Gasteiger partial charge in [-0.3, -0.25) is 0 Å². The molecule has 2 saturated carbocycles. The van der Waals surface area contributed by atoms with Gasteiger partial charge < -0.3 is 10.8 Å². The summed E-state index contributed by atoms with van der Waals surface area (Å²) in [5.41, 5.74) is 5.75. The number of fused-ring (bicyclic) bond motifs is 2. The average molecular weight is 127 g/mol. The molecule has 2 bridgehead atoms. The predicted molar refractivity (Wildman–Crippen MR) is 34.8 cm³/mol. The number of aliphatic hydroxyl groups excluding tert-OH is 1. The summed E-state index contributed by atoms with van der Waals surface area (Å²) in [4.78, 5) is 0. The number of aliphatic hydroxyl groups is 1. The molecule has 0 aliphatic heterocycles. The topological polar surface area (TPSA) is 46.2 Å². The number of rotatable bonds is 0. The van der Waals surface area contributed by atoms with E-state index >= 15 is 0 Å². The van der Waals surface area contributed by atoms with Crippen LogP contribution in [0.2, 0.25) is 0 Å². The SMILES string of the molecule is NC1CC2CC(O)[C@@H]1C2. The summed E-state index contributed by atoms with van der Waals surface area (Å²) in [6.07, 6.45) is 3.28. The lowest BCUT2D eigenvalue weighted by atomic mass is 9.94. The summed E-state index contributed by atoms with van der Waals surface area (Å²) in [6.45, 7) is 0. The van der Waals surface area contributed by atoms with Crippen LogP contribution < -0.4 is 5.73 Å². The largest absolute Gasteiger partial charge is 0.393 e. The first-order valence-corrected chi connectivity index (χ1v) is 3.71. The minimum absolute atomic E-state index is 0.0706. The minimum atomic E-state index is -0.0706. The van der Waals surface area contributed by atoms with Gasteiger partial charge in [-0.05, 0) is 25.2 Å². The Morgan fingerprint density at radius 2 is 2.00 bits per heavy atom. The van der Waals surface area contributed by atoms with E-state index in [9.17, 15) is 5.11 Å². The normalized spacial score (nSPS) is 56.7. The average Bonchev–Trinajstić information content (AvgIpc) is 2.22. The smallest absolute Gasteiger partial charge is 0.0585 e. The van der Waals surface area contributed by atoms with Crippen LogP contribution in [0, 0.1) is 11.8 Å². The number of hydrogen-bond donors (Lipinski definition) is 2. The molecule has 2 fully saturated rings. The van der Waals surface area contributed by atoms with Gasteiger partial charge in [0.2, 0.25) is 0 Å². The van der Waals surface area contributed by atoms with E-state index in [4.69, 9.17) is 5.73 Å². The van der Waals surface area contributed by atoms with E-state index in [1.54, 1.807) is 0 Å². The molecule has 3 unspecified atom stereocenters. The zero-order valence-electron chi connectivity index (χ0n) is 5.46. The first-order valence-electron chi connectivity index (χ1n) is 3.71. The zero-order chi connectivity index (χ0) is 6.43. The van der Waals surface area contributed by atoms with Crippen LogP contribution in [-0.4, -0.2) is 17.3 Å². The molecule has 0 heterocycles. The molecule has 4 atom stereocenters. The van der Waals surface area contributed by atoms with Crippen LogP contribution in [0.4, 0.5) is 0 Å². The van der Waals surface area contributed by atoms with Gasteiger partial charge in [-0.25, -0.2) is 0 Å². The van der Waals surface area contributed by atoms with Crippen LogP contribution in [0.1, 0.15) is 19.3 Å². The van der Waals surface area contributed by atoms with Crippen LogP contribution in [0.5, 0.6) is 0 Å². The third-order valence-corrected chi connectivity index (χ3v) is 2.83. The van der Waals surface area contributed by atoms with Crippen molar-refractivity contribution >= 4 is 0 Å². The van der Waals surface area contributed by atoms with Gasteiger partial charge >= 0.3 is 0 Å². The molecular weight excluding hydrogens is 114 g/mol. The highest BCUT2D eigenvalue weighted by Crippen LogP contribution is 2.43. The summed E-state index contributed by atoms with van der Waals surface area (Å²) in [6, 6.07) is 0.304. The second kappa shape index (κ2) is 1.70. The predicted octanol–water partition coefficient (Wildman–Crippen LogP) is 0.104. The Morgan fingerprint density at radius 1 is 1.22 bits per heavy atom.